The van der Waals surface area contributed by atoms with Crippen LogP contribution in [0.15, 0.2) is 78.4 Å². The van der Waals surface area contributed by atoms with Crippen LogP contribution < -0.4 is 20.2 Å². The molecule has 10 heteroatoms. The van der Waals surface area contributed by atoms with Gasteiger partial charge in [0.2, 0.25) is 0 Å². The van der Waals surface area contributed by atoms with Crippen molar-refractivity contribution in [1.82, 2.24) is 10.7 Å². The minimum absolute atomic E-state index is 0.0322. The van der Waals surface area contributed by atoms with Gasteiger partial charge < -0.3 is 19.9 Å². The Hall–Kier alpha value is -4.01. The van der Waals surface area contributed by atoms with Gasteiger partial charge in [-0.2, -0.15) is 5.10 Å². The Kier molecular flexibility index (Phi) is 11.4. The SMILES string of the molecule is C=CCc1cc(/C=N\NC(=O)[C@@H](Cc2ccccc2)NC(=O)[C@@H](C)Oc2ccc(Cl)cc2Cl)cc(OCC)c1O. The zero-order chi connectivity index (χ0) is 29.1. The Bertz CT molecular complexity index is 1360. The Labute approximate surface area is 243 Å². The van der Waals surface area contributed by atoms with Gasteiger partial charge in [-0.1, -0.05) is 59.6 Å². The van der Waals surface area contributed by atoms with Crippen LogP contribution in [-0.4, -0.2) is 41.9 Å². The average Bonchev–Trinajstić information content (AvgIpc) is 2.93. The van der Waals surface area contributed by atoms with Gasteiger partial charge in [0.05, 0.1) is 17.8 Å². The molecule has 0 fully saturated rings. The van der Waals surface area contributed by atoms with Gasteiger partial charge in [-0.3, -0.25) is 9.59 Å². The summed E-state index contributed by atoms with van der Waals surface area (Å²) in [5.41, 5.74) is 4.55. The summed E-state index contributed by atoms with van der Waals surface area (Å²) in [6, 6.07) is 16.3. The number of rotatable bonds is 13. The molecule has 0 bridgehead atoms. The molecule has 2 atom stereocenters. The number of ether oxygens (including phenoxy) is 2. The molecule has 0 unspecified atom stereocenters. The molecule has 3 aromatic rings. The van der Waals surface area contributed by atoms with Crippen LogP contribution in [0, 0.1) is 0 Å². The van der Waals surface area contributed by atoms with Crippen LogP contribution in [-0.2, 0) is 22.4 Å². The minimum atomic E-state index is -0.953. The molecule has 210 valence electrons. The number of halogens is 2. The predicted molar refractivity (Wildman–Crippen MR) is 158 cm³/mol. The molecular formula is C30H31Cl2N3O5. The molecule has 0 saturated carbocycles. The number of hydrogen-bond donors (Lipinski definition) is 3. The van der Waals surface area contributed by atoms with E-state index >= 15 is 0 Å². The van der Waals surface area contributed by atoms with E-state index in [0.29, 0.717) is 40.7 Å². The van der Waals surface area contributed by atoms with Crippen molar-refractivity contribution in [2.45, 2.75) is 38.8 Å². The molecule has 0 saturated heterocycles. The summed E-state index contributed by atoms with van der Waals surface area (Å²) in [5.74, 6) is -0.415. The van der Waals surface area contributed by atoms with Gasteiger partial charge in [0.25, 0.3) is 11.8 Å². The lowest BCUT2D eigenvalue weighted by Crippen LogP contribution is -2.50. The van der Waals surface area contributed by atoms with Crippen molar-refractivity contribution < 1.29 is 24.2 Å². The fraction of sp³-hybridized carbons (Fsp3) is 0.233. The van der Waals surface area contributed by atoms with Gasteiger partial charge in [-0.25, -0.2) is 5.43 Å². The molecule has 3 aromatic carbocycles. The molecule has 0 aliphatic carbocycles. The zero-order valence-electron chi connectivity index (χ0n) is 22.2. The lowest BCUT2D eigenvalue weighted by Gasteiger charge is -2.21. The van der Waals surface area contributed by atoms with Gasteiger partial charge in [-0.15, -0.1) is 6.58 Å². The number of benzene rings is 3. The summed E-state index contributed by atoms with van der Waals surface area (Å²) >= 11 is 12.1. The van der Waals surface area contributed by atoms with E-state index in [-0.39, 0.29) is 17.2 Å². The Balaban J connectivity index is 1.74. The number of nitrogens with one attached hydrogen (secondary N) is 2. The standard InChI is InChI=1S/C30H31Cl2N3O5/c1-4-9-22-14-21(16-27(28(22)36)39-5-2)18-33-35-30(38)25(15-20-10-7-6-8-11-20)34-29(37)19(3)40-26-13-12-23(31)17-24(26)32/h4,6-8,10-14,16-19,25,36H,1,5,9,15H2,2-3H3,(H,34,37)(H,35,38)/b33-18-/t19-,25-/m1/s1. The van der Waals surface area contributed by atoms with Gasteiger partial charge in [0.15, 0.2) is 17.6 Å². The Morgan fingerprint density at radius 3 is 2.50 bits per heavy atom. The van der Waals surface area contributed by atoms with E-state index in [1.54, 1.807) is 37.3 Å². The number of allylic oxidation sites excluding steroid dienone is 1. The zero-order valence-corrected chi connectivity index (χ0v) is 23.7. The van der Waals surface area contributed by atoms with Gasteiger partial charge in [0.1, 0.15) is 11.8 Å². The Morgan fingerprint density at radius 1 is 1.07 bits per heavy atom. The van der Waals surface area contributed by atoms with E-state index in [9.17, 15) is 14.7 Å². The summed E-state index contributed by atoms with van der Waals surface area (Å²) in [6.07, 6.45) is 2.79. The van der Waals surface area contributed by atoms with Crippen LogP contribution in [0.4, 0.5) is 0 Å². The van der Waals surface area contributed by atoms with Gasteiger partial charge in [-0.05, 0) is 61.7 Å². The largest absolute Gasteiger partial charge is 0.504 e. The Morgan fingerprint density at radius 2 is 1.82 bits per heavy atom. The van der Waals surface area contributed by atoms with E-state index in [1.807, 2.05) is 37.3 Å². The van der Waals surface area contributed by atoms with E-state index < -0.39 is 24.0 Å². The third-order valence-electron chi connectivity index (χ3n) is 5.71. The van der Waals surface area contributed by atoms with E-state index in [0.717, 1.165) is 5.56 Å². The molecule has 3 N–H and O–H groups in total. The van der Waals surface area contributed by atoms with Crippen molar-refractivity contribution in [3.63, 3.8) is 0 Å². The van der Waals surface area contributed by atoms with Crippen LogP contribution in [0.2, 0.25) is 10.0 Å². The lowest BCUT2D eigenvalue weighted by atomic mass is 10.1. The first-order chi connectivity index (χ1) is 19.2. The van der Waals surface area contributed by atoms with Crippen molar-refractivity contribution in [3.8, 4) is 17.2 Å². The highest BCUT2D eigenvalue weighted by Gasteiger charge is 2.25. The van der Waals surface area contributed by atoms with Gasteiger partial charge >= 0.3 is 0 Å². The van der Waals surface area contributed by atoms with Crippen molar-refractivity contribution >= 4 is 41.2 Å². The highest BCUT2D eigenvalue weighted by molar-refractivity contribution is 6.35. The monoisotopic (exact) mass is 583 g/mol. The molecule has 0 heterocycles. The number of phenolic OH excluding ortho intramolecular Hbond substituents is 1. The number of carbonyl (C=O) groups is 2. The first kappa shape index (κ1) is 30.5. The van der Waals surface area contributed by atoms with Crippen LogP contribution in [0.3, 0.4) is 0 Å². The quantitative estimate of drug-likeness (QED) is 0.140. The maximum atomic E-state index is 13.1. The molecule has 0 radical (unpaired) electrons. The third kappa shape index (κ3) is 8.76. The van der Waals surface area contributed by atoms with Gasteiger partial charge in [0, 0.05) is 17.0 Å². The number of hydrogen-bond acceptors (Lipinski definition) is 6. The lowest BCUT2D eigenvalue weighted by molar-refractivity contribution is -0.132. The highest BCUT2D eigenvalue weighted by Crippen LogP contribution is 2.32. The summed E-state index contributed by atoms with van der Waals surface area (Å²) < 4.78 is 11.2. The molecule has 8 nitrogen and oxygen atoms in total. The normalized spacial score (nSPS) is 12.4. The maximum Gasteiger partial charge on any atom is 0.262 e. The number of aromatic hydroxyl groups is 1. The summed E-state index contributed by atoms with van der Waals surface area (Å²) in [5, 5.41) is 17.9. The van der Waals surface area contributed by atoms with Crippen LogP contribution in [0.25, 0.3) is 0 Å². The topological polar surface area (TPSA) is 109 Å². The number of phenols is 1. The number of carbonyl (C=O) groups excluding carboxylic acids is 2. The molecule has 40 heavy (non-hydrogen) atoms. The van der Waals surface area contributed by atoms with E-state index in [4.69, 9.17) is 32.7 Å². The number of amides is 2. The molecular weight excluding hydrogens is 553 g/mol. The van der Waals surface area contributed by atoms with Crippen molar-refractivity contribution in [2.24, 2.45) is 5.10 Å². The van der Waals surface area contributed by atoms with Crippen molar-refractivity contribution in [1.29, 1.82) is 0 Å². The summed E-state index contributed by atoms with van der Waals surface area (Å²) in [6.45, 7) is 7.44. The maximum absolute atomic E-state index is 13.1. The second-order valence-electron chi connectivity index (χ2n) is 8.77. The smallest absolute Gasteiger partial charge is 0.262 e. The van der Waals surface area contributed by atoms with Crippen LogP contribution in [0.5, 0.6) is 17.2 Å². The second-order valence-corrected chi connectivity index (χ2v) is 9.62. The highest BCUT2D eigenvalue weighted by atomic mass is 35.5. The van der Waals surface area contributed by atoms with Crippen molar-refractivity contribution in [2.75, 3.05) is 6.61 Å². The first-order valence-corrected chi connectivity index (χ1v) is 13.4. The average molecular weight is 585 g/mol. The molecule has 0 spiro atoms. The number of nitrogens with zero attached hydrogens (tertiary/aromatic N) is 1. The van der Waals surface area contributed by atoms with Crippen LogP contribution in [0.1, 0.15) is 30.5 Å². The molecule has 0 aliphatic heterocycles. The fourth-order valence-corrected chi connectivity index (χ4v) is 4.20. The summed E-state index contributed by atoms with van der Waals surface area (Å²) in [7, 11) is 0. The van der Waals surface area contributed by atoms with E-state index in [1.165, 1.54) is 12.3 Å². The predicted octanol–water partition coefficient (Wildman–Crippen LogP) is 5.47. The minimum Gasteiger partial charge on any atom is -0.504 e. The summed E-state index contributed by atoms with van der Waals surface area (Å²) in [4.78, 5) is 26.1. The second kappa shape index (κ2) is 15.0. The first-order valence-electron chi connectivity index (χ1n) is 12.6. The van der Waals surface area contributed by atoms with Crippen LogP contribution >= 0.6 is 23.2 Å². The van der Waals surface area contributed by atoms with E-state index in [2.05, 4.69) is 22.4 Å². The molecule has 0 aliphatic rings. The fourth-order valence-electron chi connectivity index (χ4n) is 3.75. The molecule has 0 aromatic heterocycles. The van der Waals surface area contributed by atoms with Crippen molar-refractivity contribution in [3.05, 3.63) is 100 Å². The third-order valence-corrected chi connectivity index (χ3v) is 6.24. The molecule has 2 amide bonds. The molecule has 3 rings (SSSR count). The number of hydrazone groups is 1.